The van der Waals surface area contributed by atoms with Gasteiger partial charge in [0.05, 0.1) is 96.0 Å². The summed E-state index contributed by atoms with van der Waals surface area (Å²) in [5.41, 5.74) is 41.8. The van der Waals surface area contributed by atoms with E-state index in [4.69, 9.17) is 69.4 Å². The molecular weight excluding hydrogens is 1830 g/mol. The van der Waals surface area contributed by atoms with Gasteiger partial charge in [-0.1, -0.05) is 125 Å². The number of carbonyl (C=O) groups is 4. The van der Waals surface area contributed by atoms with E-state index in [9.17, 15) is 28.7 Å². The minimum absolute atomic E-state index is 0.0615. The maximum absolute atomic E-state index is 13.3. The number of hydrogen-bond donors (Lipinski definition) is 9. The number of benzene rings is 8. The van der Waals surface area contributed by atoms with E-state index in [1.54, 1.807) is 61.2 Å². The van der Waals surface area contributed by atoms with Gasteiger partial charge >= 0.3 is 0 Å². The van der Waals surface area contributed by atoms with Gasteiger partial charge in [0.25, 0.3) is 0 Å². The van der Waals surface area contributed by atoms with Crippen LogP contribution in [0.3, 0.4) is 0 Å². The average Bonchev–Trinajstić information content (AvgIpc) is 0.754. The van der Waals surface area contributed by atoms with Crippen LogP contribution < -0.4 is 44.2 Å². The number of rotatable bonds is 24. The van der Waals surface area contributed by atoms with Crippen LogP contribution in [0.4, 0.5) is 50.4 Å². The van der Waals surface area contributed by atoms with E-state index in [-0.39, 0.29) is 65.3 Å². The second kappa shape index (κ2) is 40.0. The maximum atomic E-state index is 13.3. The predicted octanol–water partition coefficient (Wildman–Crippen LogP) is 23.9. The Morgan fingerprint density at radius 2 is 0.507 bits per heavy atom. The second-order valence-electron chi connectivity index (χ2n) is 44.5. The average molecular weight is 1960 g/mol. The molecule has 0 radical (unpaired) electrons. The van der Waals surface area contributed by atoms with Crippen molar-refractivity contribution in [2.24, 2.45) is 92.7 Å². The van der Waals surface area contributed by atoms with Crippen molar-refractivity contribution in [2.45, 2.75) is 205 Å². The number of anilines is 8. The Kier molecular flexibility index (Phi) is 26.8. The minimum Gasteiger partial charge on any atom is -0.508 e. The van der Waals surface area contributed by atoms with Crippen molar-refractivity contribution in [1.29, 1.82) is 0 Å². The van der Waals surface area contributed by atoms with E-state index in [1.807, 2.05) is 146 Å². The maximum Gasteiger partial charge on any atom is 0.229 e. The largest absolute Gasteiger partial charge is 0.508 e. The first-order chi connectivity index (χ1) is 67.7. The molecule has 16 aliphatic rings. The topological polar surface area (TPSA) is 344 Å². The summed E-state index contributed by atoms with van der Waals surface area (Å²) in [6, 6.07) is 58.8. The van der Waals surface area contributed by atoms with E-state index in [0.29, 0.717) is 56.9 Å². The number of aromatic hydroxyl groups is 1. The quantitative estimate of drug-likeness (QED) is 0.0254. The lowest BCUT2D eigenvalue weighted by atomic mass is 9.48. The van der Waals surface area contributed by atoms with Crippen LogP contribution in [0.1, 0.15) is 199 Å². The van der Waals surface area contributed by atoms with E-state index in [0.717, 1.165) is 203 Å². The Labute approximate surface area is 832 Å². The zero-order valence-corrected chi connectivity index (χ0v) is 81.8. The van der Waals surface area contributed by atoms with Crippen molar-refractivity contribution in [1.82, 2.24) is 39.9 Å². The summed E-state index contributed by atoms with van der Waals surface area (Å²) in [5, 5.41) is 22.4. The summed E-state index contributed by atoms with van der Waals surface area (Å²) in [7, 11) is 0. The molecule has 0 unspecified atom stereocenters. The van der Waals surface area contributed by atoms with Gasteiger partial charge in [-0.15, -0.1) is 0 Å². The van der Waals surface area contributed by atoms with Gasteiger partial charge in [0.2, 0.25) is 23.6 Å². The molecule has 16 fully saturated rings. The molecule has 13 N–H and O–H groups in total. The highest BCUT2D eigenvalue weighted by atomic mass is 79.9. The lowest BCUT2D eigenvalue weighted by Crippen LogP contribution is -2.47. The monoisotopic (exact) mass is 1950 g/mol. The SMILES string of the molecule is Nc1ccc(-c2cnc(NC(=O)Cc3ccc(Br)cc3)c(CC34CC5CC(CC(C5)C3)C4)n2)cc1.Nc1ccc(-c2cnc(NC(=O)Cc3ccc(Cl)cc3)c(CC34CC5CC(CC(C5)C3)C4)n2)cc1.Nc1ccc(-c2cnc(NC(=O)Cc3ccc(F)cc3)c(CC34CC5CC(CC(C5)C3)C4)n2)cc1.Nc1ccc(-c2cnc(NC(=O)Cc3ccc(O)cc3)c(CC34CC5CC(CC(C5)C3)C4)n2)cc1. The summed E-state index contributed by atoms with van der Waals surface area (Å²) >= 11 is 9.45. The predicted molar refractivity (Wildman–Crippen MR) is 554 cm³/mol. The van der Waals surface area contributed by atoms with Gasteiger partial charge in [0, 0.05) is 54.5 Å². The van der Waals surface area contributed by atoms with Gasteiger partial charge in [0.15, 0.2) is 23.3 Å². The molecule has 8 aromatic carbocycles. The molecule has 16 aliphatic carbocycles. The fourth-order valence-electron chi connectivity index (χ4n) is 29.1. The van der Waals surface area contributed by atoms with E-state index in [2.05, 4.69) is 42.2 Å². The summed E-state index contributed by atoms with van der Waals surface area (Å²) in [5.74, 6) is 12.0. The van der Waals surface area contributed by atoms with Crippen molar-refractivity contribution >= 4 is 97.2 Å². The number of halogens is 3. The Morgan fingerprint density at radius 1 is 0.307 bits per heavy atom. The summed E-state index contributed by atoms with van der Waals surface area (Å²) < 4.78 is 14.3. The third-order valence-electron chi connectivity index (χ3n) is 33.2. The lowest BCUT2D eigenvalue weighted by molar-refractivity contribution is -0.116. The standard InChI is InChI=1S/C29H31BrN4O.C29H31ClN4O.C29H31FN4O.C29H32N4O2/c3*30-23-5-1-18(2-6-23)12-27(35)34-28-25(33-26(17-32-28)22-3-7-24(31)8-4-22)16-29-13-19-9-20(14-29)11-21(10-19)15-29;30-23-5-3-22(4-6-23)26-17-31-28(33-27(35)12-18-1-7-24(34)8-2-18)25(32-26)16-29-13-19-9-20(14-29)11-21(10-19)15-29/h3*1-8,17,19-21H,9-16,31H2,(H,32,34,35);1-8,17,19-21,34H,9-16,30H2,(H,31,33,35). The zero-order valence-electron chi connectivity index (χ0n) is 79.4. The van der Waals surface area contributed by atoms with Gasteiger partial charge < -0.3 is 49.3 Å². The molecule has 140 heavy (non-hydrogen) atoms. The molecular formula is C116H125BrClFN16O5. The van der Waals surface area contributed by atoms with Gasteiger partial charge in [-0.2, -0.15) is 0 Å². The van der Waals surface area contributed by atoms with Crippen molar-refractivity contribution in [3.63, 3.8) is 0 Å². The van der Waals surface area contributed by atoms with Crippen LogP contribution in [0.2, 0.25) is 5.02 Å². The number of hydrogen-bond acceptors (Lipinski definition) is 17. The number of aromatic nitrogens is 8. The Morgan fingerprint density at radius 3 is 0.729 bits per heavy atom. The number of amides is 4. The molecule has 0 aliphatic heterocycles. The summed E-state index contributed by atoms with van der Waals surface area (Å²) in [4.78, 5) is 90.9. The van der Waals surface area contributed by atoms with Crippen LogP contribution in [0.15, 0.2) is 223 Å². The highest BCUT2D eigenvalue weighted by Crippen LogP contribution is 2.66. The molecule has 28 rings (SSSR count). The van der Waals surface area contributed by atoms with Crippen LogP contribution in [0.5, 0.6) is 5.75 Å². The highest BCUT2D eigenvalue weighted by Gasteiger charge is 2.56. The Bertz CT molecular complexity index is 5600. The first-order valence-electron chi connectivity index (χ1n) is 50.8. The molecule has 0 spiro atoms. The molecule has 4 heterocycles. The molecule has 4 aromatic heterocycles. The number of carbonyl (C=O) groups excluding carboxylic acids is 4. The van der Waals surface area contributed by atoms with E-state index in [1.165, 1.54) is 166 Å². The van der Waals surface area contributed by atoms with Crippen LogP contribution in [0.25, 0.3) is 45.0 Å². The lowest BCUT2D eigenvalue weighted by Gasteiger charge is -2.57. The molecule has 24 heteroatoms. The molecule has 12 aromatic rings. The van der Waals surface area contributed by atoms with Crippen LogP contribution >= 0.6 is 27.5 Å². The van der Waals surface area contributed by atoms with Crippen molar-refractivity contribution in [2.75, 3.05) is 44.2 Å². The van der Waals surface area contributed by atoms with Crippen molar-refractivity contribution < 1.29 is 28.7 Å². The minimum atomic E-state index is -0.309. The summed E-state index contributed by atoms with van der Waals surface area (Å²) in [6.45, 7) is 0. The van der Waals surface area contributed by atoms with Gasteiger partial charge in [-0.25, -0.2) is 44.3 Å². The Hall–Kier alpha value is -12.3. The molecule has 16 bridgehead atoms. The molecule has 16 saturated carbocycles. The fraction of sp³-hybridized carbons (Fsp3) is 0.414. The van der Waals surface area contributed by atoms with Gasteiger partial charge in [-0.3, -0.25) is 19.2 Å². The number of nitrogens with two attached hydrogens (primary N) is 4. The van der Waals surface area contributed by atoms with E-state index >= 15 is 0 Å². The molecule has 0 saturated heterocycles. The van der Waals surface area contributed by atoms with Gasteiger partial charge in [-0.05, 0) is 392 Å². The van der Waals surface area contributed by atoms with Gasteiger partial charge in [0.1, 0.15) is 11.6 Å². The molecule has 720 valence electrons. The zero-order chi connectivity index (χ0) is 96.0. The third-order valence-corrected chi connectivity index (χ3v) is 34.0. The number of phenolic OH excluding ortho intramolecular Hbond substituents is 1. The molecule has 0 atom stereocenters. The number of nitrogens with zero attached hydrogens (tertiary/aromatic N) is 8. The van der Waals surface area contributed by atoms with E-state index < -0.39 is 0 Å². The number of nitrogen functional groups attached to an aromatic ring is 4. The first-order valence-corrected chi connectivity index (χ1v) is 52.0. The van der Waals surface area contributed by atoms with Crippen molar-refractivity contribution in [3.8, 4) is 50.8 Å². The normalized spacial score (nSPS) is 26.6. The molecule has 4 amide bonds. The highest BCUT2D eigenvalue weighted by molar-refractivity contribution is 9.10. The van der Waals surface area contributed by atoms with Crippen LogP contribution in [-0.4, -0.2) is 68.6 Å². The van der Waals surface area contributed by atoms with Crippen molar-refractivity contribution in [3.05, 3.63) is 279 Å². The number of nitrogens with one attached hydrogen (secondary N) is 4. The molecule has 21 nitrogen and oxygen atoms in total. The first kappa shape index (κ1) is 93.9. The fourth-order valence-corrected chi connectivity index (χ4v) is 29.5. The smallest absolute Gasteiger partial charge is 0.229 e. The third kappa shape index (κ3) is 22.3. The van der Waals surface area contributed by atoms with Crippen LogP contribution in [0, 0.1) is 98.5 Å². The van der Waals surface area contributed by atoms with Crippen LogP contribution in [-0.2, 0) is 70.5 Å². The Balaban J connectivity index is 0.000000111. The summed E-state index contributed by atoms with van der Waals surface area (Å²) in [6.07, 6.45) is 43.5. The number of phenols is 1. The second-order valence-corrected chi connectivity index (χ2v) is 45.9.